The highest BCUT2D eigenvalue weighted by Gasteiger charge is 2.24. The Morgan fingerprint density at radius 2 is 1.81 bits per heavy atom. The van der Waals surface area contributed by atoms with Gasteiger partial charge in [-0.3, -0.25) is 0 Å². The molecule has 1 atom stereocenters. The fraction of sp³-hybridized carbons (Fsp3) is 0.222. The molecule has 0 N–H and O–H groups in total. The van der Waals surface area contributed by atoms with Gasteiger partial charge >= 0.3 is 0 Å². The van der Waals surface area contributed by atoms with Crippen LogP contribution in [0.3, 0.4) is 0 Å². The second-order valence-electron chi connectivity index (χ2n) is 5.71. The Hall–Kier alpha value is -2.00. The highest BCUT2D eigenvalue weighted by molar-refractivity contribution is 7.26. The summed E-state index contributed by atoms with van der Waals surface area (Å²) in [5, 5.41) is 2.73. The molecule has 1 aliphatic rings. The van der Waals surface area contributed by atoms with Crippen LogP contribution in [0.25, 0.3) is 20.2 Å². The first-order valence-corrected chi connectivity index (χ1v) is 8.08. The van der Waals surface area contributed by atoms with Crippen LogP contribution < -0.4 is 4.90 Å². The van der Waals surface area contributed by atoms with Gasteiger partial charge in [0.05, 0.1) is 10.4 Å². The van der Waals surface area contributed by atoms with Crippen molar-refractivity contribution in [2.45, 2.75) is 20.0 Å². The summed E-state index contributed by atoms with van der Waals surface area (Å²) in [4.78, 5) is 4.62. The first-order valence-electron chi connectivity index (χ1n) is 7.26. The summed E-state index contributed by atoms with van der Waals surface area (Å²) in [7, 11) is 2.13. The number of thiophene rings is 1. The molecule has 0 radical (unpaired) electrons. The van der Waals surface area contributed by atoms with E-state index in [1.54, 1.807) is 0 Å². The van der Waals surface area contributed by atoms with Gasteiger partial charge in [0.1, 0.15) is 6.17 Å². The van der Waals surface area contributed by atoms with E-state index in [0.717, 1.165) is 0 Å². The standard InChI is InChI=1S/C18H18N2S/c1-12-8-9-15-14-6-4-5-7-16(14)21-18(15)17(12)20-11-10-19(3)13(20)2/h4-11,13H,1-3H3/t13-/m0/s1. The van der Waals surface area contributed by atoms with Crippen molar-refractivity contribution < 1.29 is 0 Å². The number of fused-ring (bicyclic) bond motifs is 3. The molecule has 0 spiro atoms. The second-order valence-corrected chi connectivity index (χ2v) is 6.76. The SMILES string of the molecule is Cc1ccc2c(sc3ccccc32)c1N1C=CN(C)[C@@H]1C. The van der Waals surface area contributed by atoms with Crippen LogP contribution in [0.4, 0.5) is 5.69 Å². The minimum atomic E-state index is 0.361. The van der Waals surface area contributed by atoms with Gasteiger partial charge in [0.2, 0.25) is 0 Å². The largest absolute Gasteiger partial charge is 0.359 e. The van der Waals surface area contributed by atoms with Crippen LogP contribution in [-0.4, -0.2) is 18.1 Å². The molecule has 0 saturated carbocycles. The lowest BCUT2D eigenvalue weighted by molar-refractivity contribution is 0.383. The number of aryl methyl sites for hydroxylation is 1. The van der Waals surface area contributed by atoms with Crippen molar-refractivity contribution in [1.29, 1.82) is 0 Å². The van der Waals surface area contributed by atoms with Gasteiger partial charge in [0.15, 0.2) is 0 Å². The Morgan fingerprint density at radius 3 is 2.57 bits per heavy atom. The topological polar surface area (TPSA) is 6.48 Å². The van der Waals surface area contributed by atoms with Crippen LogP contribution in [0.1, 0.15) is 12.5 Å². The summed E-state index contributed by atoms with van der Waals surface area (Å²) in [5.74, 6) is 0. The number of hydrogen-bond acceptors (Lipinski definition) is 3. The molecule has 21 heavy (non-hydrogen) atoms. The average Bonchev–Trinajstić information content (AvgIpc) is 3.01. The van der Waals surface area contributed by atoms with E-state index in [-0.39, 0.29) is 0 Å². The van der Waals surface area contributed by atoms with Gasteiger partial charge in [-0.25, -0.2) is 0 Å². The van der Waals surface area contributed by atoms with Crippen molar-refractivity contribution in [2.75, 3.05) is 11.9 Å². The fourth-order valence-electron chi connectivity index (χ4n) is 3.08. The summed E-state index contributed by atoms with van der Waals surface area (Å²) in [6.07, 6.45) is 4.70. The predicted molar refractivity (Wildman–Crippen MR) is 92.9 cm³/mol. The maximum absolute atomic E-state index is 2.38. The highest BCUT2D eigenvalue weighted by atomic mass is 32.1. The molecule has 3 aromatic rings. The summed E-state index contributed by atoms with van der Waals surface area (Å²) in [6, 6.07) is 13.2. The minimum absolute atomic E-state index is 0.361. The minimum Gasteiger partial charge on any atom is -0.359 e. The summed E-state index contributed by atoms with van der Waals surface area (Å²) < 4.78 is 2.76. The lowest BCUT2D eigenvalue weighted by Gasteiger charge is -2.28. The first-order chi connectivity index (χ1) is 10.2. The molecule has 0 fully saturated rings. The first kappa shape index (κ1) is 12.7. The Morgan fingerprint density at radius 1 is 1.00 bits per heavy atom. The third kappa shape index (κ3) is 1.77. The molecule has 3 heteroatoms. The molecule has 2 aromatic carbocycles. The van der Waals surface area contributed by atoms with Crippen molar-refractivity contribution in [2.24, 2.45) is 0 Å². The van der Waals surface area contributed by atoms with Crippen molar-refractivity contribution in [1.82, 2.24) is 4.90 Å². The van der Waals surface area contributed by atoms with Crippen LogP contribution >= 0.6 is 11.3 Å². The van der Waals surface area contributed by atoms with Gasteiger partial charge in [0.25, 0.3) is 0 Å². The number of anilines is 1. The van der Waals surface area contributed by atoms with Crippen molar-refractivity contribution in [3.8, 4) is 0 Å². The molecule has 0 saturated heterocycles. The lowest BCUT2D eigenvalue weighted by atomic mass is 10.1. The van der Waals surface area contributed by atoms with Gasteiger partial charge in [0, 0.05) is 34.9 Å². The Balaban J connectivity index is 2.04. The number of nitrogens with zero attached hydrogens (tertiary/aromatic N) is 2. The summed E-state index contributed by atoms with van der Waals surface area (Å²) in [5.41, 5.74) is 2.68. The van der Waals surface area contributed by atoms with Gasteiger partial charge in [-0.1, -0.05) is 30.3 Å². The van der Waals surface area contributed by atoms with E-state index in [4.69, 9.17) is 0 Å². The van der Waals surface area contributed by atoms with E-state index >= 15 is 0 Å². The van der Waals surface area contributed by atoms with Crippen LogP contribution in [0.15, 0.2) is 48.8 Å². The fourth-order valence-corrected chi connectivity index (χ4v) is 4.38. The second kappa shape index (κ2) is 4.50. The van der Waals surface area contributed by atoms with Gasteiger partial charge < -0.3 is 9.80 Å². The Kier molecular flexibility index (Phi) is 2.73. The van der Waals surface area contributed by atoms with Crippen molar-refractivity contribution >= 4 is 37.2 Å². The third-order valence-electron chi connectivity index (χ3n) is 4.44. The van der Waals surface area contributed by atoms with Crippen LogP contribution in [-0.2, 0) is 0 Å². The molecule has 4 rings (SSSR count). The normalized spacial score (nSPS) is 18.3. The van der Waals surface area contributed by atoms with Crippen LogP contribution in [0, 0.1) is 6.92 Å². The zero-order valence-electron chi connectivity index (χ0n) is 12.5. The highest BCUT2D eigenvalue weighted by Crippen LogP contribution is 2.42. The van der Waals surface area contributed by atoms with Crippen molar-refractivity contribution in [3.63, 3.8) is 0 Å². The monoisotopic (exact) mass is 294 g/mol. The average molecular weight is 294 g/mol. The molecular weight excluding hydrogens is 276 g/mol. The summed E-state index contributed by atoms with van der Waals surface area (Å²) >= 11 is 1.90. The van der Waals surface area contributed by atoms with E-state index in [9.17, 15) is 0 Å². The number of rotatable bonds is 1. The van der Waals surface area contributed by atoms with Crippen molar-refractivity contribution in [3.05, 3.63) is 54.4 Å². The van der Waals surface area contributed by atoms with Crippen LogP contribution in [0.2, 0.25) is 0 Å². The molecule has 2 heterocycles. The molecule has 0 aliphatic carbocycles. The lowest BCUT2D eigenvalue weighted by Crippen LogP contribution is -2.33. The van der Waals surface area contributed by atoms with Crippen LogP contribution in [0.5, 0.6) is 0 Å². The maximum Gasteiger partial charge on any atom is 0.102 e. The predicted octanol–water partition coefficient (Wildman–Crippen LogP) is 4.93. The maximum atomic E-state index is 2.38. The Bertz CT molecular complexity index is 862. The van der Waals surface area contributed by atoms with E-state index in [2.05, 4.69) is 79.5 Å². The Labute approximate surface area is 128 Å². The van der Waals surface area contributed by atoms with Gasteiger partial charge in [-0.05, 0) is 25.5 Å². The number of hydrogen-bond donors (Lipinski definition) is 0. The molecular formula is C18H18N2S. The molecule has 2 nitrogen and oxygen atoms in total. The zero-order valence-corrected chi connectivity index (χ0v) is 13.3. The van der Waals surface area contributed by atoms with E-state index in [1.807, 2.05) is 11.3 Å². The quantitative estimate of drug-likeness (QED) is 0.628. The molecule has 0 amide bonds. The molecule has 0 bridgehead atoms. The molecule has 0 unspecified atom stereocenters. The van der Waals surface area contributed by atoms with Gasteiger partial charge in [-0.2, -0.15) is 0 Å². The van der Waals surface area contributed by atoms with E-state index in [1.165, 1.54) is 31.4 Å². The molecule has 1 aliphatic heterocycles. The van der Waals surface area contributed by atoms with Gasteiger partial charge in [-0.15, -0.1) is 11.3 Å². The molecule has 106 valence electrons. The third-order valence-corrected chi connectivity index (χ3v) is 5.63. The molecule has 1 aromatic heterocycles. The number of benzene rings is 2. The smallest absolute Gasteiger partial charge is 0.102 e. The van der Waals surface area contributed by atoms with E-state index in [0.29, 0.717) is 6.17 Å². The van der Waals surface area contributed by atoms with E-state index < -0.39 is 0 Å². The summed E-state index contributed by atoms with van der Waals surface area (Å²) in [6.45, 7) is 4.45. The zero-order chi connectivity index (χ0) is 14.6.